The highest BCUT2D eigenvalue weighted by atomic mass is 19.4. The zero-order valence-corrected chi connectivity index (χ0v) is 8.67. The van der Waals surface area contributed by atoms with Crippen LogP contribution in [0.4, 0.5) is 13.2 Å². The van der Waals surface area contributed by atoms with Gasteiger partial charge in [0.15, 0.2) is 0 Å². The average molecular weight is 227 g/mol. The first-order chi connectivity index (χ1) is 7.52. The number of likely N-dealkylation sites (tertiary alicyclic amines) is 1. The highest BCUT2D eigenvalue weighted by molar-refractivity contribution is 5.36. The number of rotatable bonds is 1. The number of fused-ring (bicyclic) bond motifs is 1. The lowest BCUT2D eigenvalue weighted by atomic mass is 9.95. The van der Waals surface area contributed by atoms with E-state index in [2.05, 4.69) is 0 Å². The Hall–Kier alpha value is -1.03. The fourth-order valence-electron chi connectivity index (χ4n) is 2.89. The number of hydrogen-bond donors (Lipinski definition) is 0. The molecule has 1 saturated carbocycles. The maximum Gasteiger partial charge on any atom is 0.459 e. The van der Waals surface area contributed by atoms with Crippen LogP contribution < -0.4 is 0 Å². The van der Waals surface area contributed by atoms with Crippen LogP contribution in [0, 0.1) is 5.92 Å². The second-order valence-electron chi connectivity index (χ2n) is 4.77. The van der Waals surface area contributed by atoms with E-state index in [0.29, 0.717) is 4.90 Å². The minimum Gasteiger partial charge on any atom is -0.213 e. The van der Waals surface area contributed by atoms with E-state index in [0.717, 1.165) is 12.0 Å². The largest absolute Gasteiger partial charge is 0.459 e. The van der Waals surface area contributed by atoms with E-state index >= 15 is 0 Å². The second-order valence-corrected chi connectivity index (χ2v) is 4.77. The van der Waals surface area contributed by atoms with Crippen molar-refractivity contribution < 1.29 is 13.2 Å². The first kappa shape index (κ1) is 10.1. The van der Waals surface area contributed by atoms with Crippen molar-refractivity contribution in [3.63, 3.8) is 0 Å². The van der Waals surface area contributed by atoms with Gasteiger partial charge in [-0.1, -0.05) is 30.3 Å². The van der Waals surface area contributed by atoms with E-state index in [1.165, 1.54) is 0 Å². The standard InChI is InChI=1S/C12H12F3N/c13-12(14,15)16-7-10-6-11(10,8-16)9-4-2-1-3-5-9/h1-5,10H,6-8H2. The summed E-state index contributed by atoms with van der Waals surface area (Å²) in [5.74, 6) is 0.191. The fraction of sp³-hybridized carbons (Fsp3) is 0.500. The summed E-state index contributed by atoms with van der Waals surface area (Å²) in [4.78, 5) is 0.647. The molecule has 2 aliphatic rings. The summed E-state index contributed by atoms with van der Waals surface area (Å²) in [6, 6.07) is 9.58. The van der Waals surface area contributed by atoms with Crippen LogP contribution in [-0.2, 0) is 5.41 Å². The smallest absolute Gasteiger partial charge is 0.213 e. The number of piperidine rings is 1. The molecule has 1 aromatic carbocycles. The van der Waals surface area contributed by atoms with Crippen LogP contribution in [0.25, 0.3) is 0 Å². The Balaban J connectivity index is 1.85. The molecule has 1 nitrogen and oxygen atoms in total. The maximum atomic E-state index is 12.6. The lowest BCUT2D eigenvalue weighted by Crippen LogP contribution is -2.38. The number of hydrogen-bond acceptors (Lipinski definition) is 1. The first-order valence-corrected chi connectivity index (χ1v) is 5.40. The molecule has 0 amide bonds. The molecule has 2 fully saturated rings. The van der Waals surface area contributed by atoms with Gasteiger partial charge >= 0.3 is 6.30 Å². The van der Waals surface area contributed by atoms with Gasteiger partial charge in [0.2, 0.25) is 0 Å². The quantitative estimate of drug-likeness (QED) is 0.667. The minimum atomic E-state index is -4.17. The molecule has 0 radical (unpaired) electrons. The summed E-state index contributed by atoms with van der Waals surface area (Å²) in [6.45, 7) is 0.295. The summed E-state index contributed by atoms with van der Waals surface area (Å²) in [5.41, 5.74) is 0.850. The lowest BCUT2D eigenvalue weighted by Gasteiger charge is -2.23. The van der Waals surface area contributed by atoms with E-state index in [4.69, 9.17) is 0 Å². The van der Waals surface area contributed by atoms with E-state index in [9.17, 15) is 13.2 Å². The lowest BCUT2D eigenvalue weighted by molar-refractivity contribution is -0.241. The molecule has 1 saturated heterocycles. The predicted octanol–water partition coefficient (Wildman–Crippen LogP) is 2.78. The van der Waals surface area contributed by atoms with Gasteiger partial charge in [0.05, 0.1) is 0 Å². The van der Waals surface area contributed by atoms with Gasteiger partial charge in [0, 0.05) is 18.5 Å². The summed E-state index contributed by atoms with van der Waals surface area (Å²) in [6.07, 6.45) is -3.27. The summed E-state index contributed by atoms with van der Waals surface area (Å²) in [7, 11) is 0. The SMILES string of the molecule is FC(F)(F)N1CC2CC2(c2ccccc2)C1. The monoisotopic (exact) mass is 227 g/mol. The van der Waals surface area contributed by atoms with Crippen molar-refractivity contribution in [2.24, 2.45) is 5.92 Å². The van der Waals surface area contributed by atoms with Crippen LogP contribution in [0.3, 0.4) is 0 Å². The van der Waals surface area contributed by atoms with Gasteiger partial charge in [0.25, 0.3) is 0 Å². The van der Waals surface area contributed by atoms with E-state index in [-0.39, 0.29) is 24.4 Å². The molecule has 1 heterocycles. The third kappa shape index (κ3) is 1.36. The van der Waals surface area contributed by atoms with E-state index < -0.39 is 6.30 Å². The molecule has 1 aliphatic carbocycles. The minimum absolute atomic E-state index is 0.130. The molecule has 0 N–H and O–H groups in total. The Labute approximate surface area is 91.9 Å². The van der Waals surface area contributed by atoms with E-state index in [1.54, 1.807) is 0 Å². The Kier molecular flexibility index (Phi) is 1.90. The number of alkyl halides is 3. The number of nitrogens with zero attached hydrogens (tertiary/aromatic N) is 1. The van der Waals surface area contributed by atoms with Crippen LogP contribution in [0.5, 0.6) is 0 Å². The van der Waals surface area contributed by atoms with Crippen molar-refractivity contribution in [2.45, 2.75) is 18.1 Å². The molecule has 0 aromatic heterocycles. The Morgan fingerprint density at radius 2 is 1.88 bits per heavy atom. The van der Waals surface area contributed by atoms with Crippen molar-refractivity contribution in [1.29, 1.82) is 0 Å². The topological polar surface area (TPSA) is 3.24 Å². The zero-order chi connectivity index (χ0) is 11.4. The number of benzene rings is 1. The Morgan fingerprint density at radius 1 is 1.19 bits per heavy atom. The van der Waals surface area contributed by atoms with Crippen LogP contribution >= 0.6 is 0 Å². The van der Waals surface area contributed by atoms with Gasteiger partial charge in [-0.05, 0) is 17.9 Å². The van der Waals surface area contributed by atoms with Crippen molar-refractivity contribution >= 4 is 0 Å². The third-order valence-corrected chi connectivity index (χ3v) is 3.85. The molecule has 0 bridgehead atoms. The van der Waals surface area contributed by atoms with Crippen molar-refractivity contribution in [3.8, 4) is 0 Å². The summed E-state index contributed by atoms with van der Waals surface area (Å²) >= 11 is 0. The Morgan fingerprint density at radius 3 is 2.44 bits per heavy atom. The molecular formula is C12H12F3N. The molecule has 86 valence electrons. The number of halogens is 3. The molecule has 4 heteroatoms. The molecule has 1 aromatic rings. The zero-order valence-electron chi connectivity index (χ0n) is 8.67. The van der Waals surface area contributed by atoms with Crippen molar-refractivity contribution in [3.05, 3.63) is 35.9 Å². The van der Waals surface area contributed by atoms with Crippen LogP contribution in [-0.4, -0.2) is 24.3 Å². The molecule has 2 unspecified atom stereocenters. The summed E-state index contributed by atoms with van der Waals surface area (Å²) in [5, 5.41) is 0. The average Bonchev–Trinajstić information content (AvgIpc) is 2.82. The maximum absolute atomic E-state index is 12.6. The molecule has 16 heavy (non-hydrogen) atoms. The Bertz CT molecular complexity index is 400. The van der Waals surface area contributed by atoms with Gasteiger partial charge in [-0.3, -0.25) is 0 Å². The molecular weight excluding hydrogens is 215 g/mol. The molecule has 3 rings (SSSR count). The van der Waals surface area contributed by atoms with Gasteiger partial charge in [-0.25, -0.2) is 4.90 Å². The van der Waals surface area contributed by atoms with Gasteiger partial charge in [-0.15, -0.1) is 0 Å². The van der Waals surface area contributed by atoms with Gasteiger partial charge < -0.3 is 0 Å². The van der Waals surface area contributed by atoms with Crippen LogP contribution in [0.15, 0.2) is 30.3 Å². The fourth-order valence-corrected chi connectivity index (χ4v) is 2.89. The molecule has 0 spiro atoms. The van der Waals surface area contributed by atoms with Crippen LogP contribution in [0.1, 0.15) is 12.0 Å². The van der Waals surface area contributed by atoms with Gasteiger partial charge in [0.1, 0.15) is 0 Å². The molecule has 2 atom stereocenters. The van der Waals surface area contributed by atoms with Crippen LogP contribution in [0.2, 0.25) is 0 Å². The first-order valence-electron chi connectivity index (χ1n) is 5.40. The van der Waals surface area contributed by atoms with Crippen molar-refractivity contribution in [1.82, 2.24) is 4.90 Å². The second kappa shape index (κ2) is 3.00. The molecule has 1 aliphatic heterocycles. The normalized spacial score (nSPS) is 33.8. The third-order valence-electron chi connectivity index (χ3n) is 3.85. The van der Waals surface area contributed by atoms with Gasteiger partial charge in [-0.2, -0.15) is 13.2 Å². The summed E-state index contributed by atoms with van der Waals surface area (Å²) < 4.78 is 37.7. The highest BCUT2D eigenvalue weighted by Gasteiger charge is 2.64. The predicted molar refractivity (Wildman–Crippen MR) is 53.9 cm³/mol. The van der Waals surface area contributed by atoms with E-state index in [1.807, 2.05) is 30.3 Å². The van der Waals surface area contributed by atoms with Crippen molar-refractivity contribution in [2.75, 3.05) is 13.1 Å². The highest BCUT2D eigenvalue weighted by Crippen LogP contribution is 2.60.